The van der Waals surface area contributed by atoms with Crippen molar-refractivity contribution in [3.8, 4) is 0 Å². The van der Waals surface area contributed by atoms with Gasteiger partial charge in [0.2, 0.25) is 5.82 Å². The van der Waals surface area contributed by atoms with Gasteiger partial charge >= 0.3 is 5.97 Å². The van der Waals surface area contributed by atoms with Gasteiger partial charge in [0.1, 0.15) is 5.56 Å². The third-order valence-electron chi connectivity index (χ3n) is 5.35. The molecule has 178 valence electrons. The first kappa shape index (κ1) is 24.4. The van der Waals surface area contributed by atoms with Gasteiger partial charge in [0, 0.05) is 26.2 Å². The van der Waals surface area contributed by atoms with Crippen LogP contribution in [0.25, 0.3) is 0 Å². The average molecular weight is 471 g/mol. The summed E-state index contributed by atoms with van der Waals surface area (Å²) in [6, 6.07) is 4.24. The van der Waals surface area contributed by atoms with Crippen LogP contribution < -0.4 is 10.2 Å². The molecule has 0 saturated carbocycles. The lowest BCUT2D eigenvalue weighted by Crippen LogP contribution is -2.46. The minimum atomic E-state index is -2.36. The van der Waals surface area contributed by atoms with Crippen molar-refractivity contribution in [3.05, 3.63) is 58.4 Å². The van der Waals surface area contributed by atoms with Gasteiger partial charge in [-0.25, -0.2) is 26.7 Å². The van der Waals surface area contributed by atoms with Crippen LogP contribution in [0.15, 0.2) is 18.2 Å². The summed E-state index contributed by atoms with van der Waals surface area (Å²) >= 11 is 0. The maximum Gasteiger partial charge on any atom is 0.338 e. The Morgan fingerprint density at radius 3 is 2.03 bits per heavy atom. The van der Waals surface area contributed by atoms with Gasteiger partial charge in [0.05, 0.1) is 23.5 Å². The van der Waals surface area contributed by atoms with Crippen LogP contribution >= 0.6 is 0 Å². The second-order valence-electron chi connectivity index (χ2n) is 7.27. The molecule has 2 aromatic carbocycles. The Balaban J connectivity index is 2.00. The van der Waals surface area contributed by atoms with Crippen molar-refractivity contribution < 1.29 is 36.3 Å². The molecule has 1 heterocycles. The second kappa shape index (κ2) is 10.2. The topological polar surface area (TPSA) is 61.9 Å². The Kier molecular flexibility index (Phi) is 7.52. The molecule has 33 heavy (non-hydrogen) atoms. The molecule has 3 rings (SSSR count). The molecule has 2 aromatic rings. The molecule has 0 unspecified atom stereocenters. The van der Waals surface area contributed by atoms with Gasteiger partial charge in [-0.1, -0.05) is 6.92 Å². The molecule has 6 nitrogen and oxygen atoms in total. The highest BCUT2D eigenvalue weighted by Crippen LogP contribution is 2.31. The van der Waals surface area contributed by atoms with Gasteiger partial charge in [-0.15, -0.1) is 0 Å². The van der Waals surface area contributed by atoms with E-state index in [1.165, 1.54) is 18.2 Å². The zero-order valence-corrected chi connectivity index (χ0v) is 18.0. The number of hydrogen-bond donors (Lipinski definition) is 1. The lowest BCUT2D eigenvalue weighted by atomic mass is 10.1. The molecule has 0 atom stereocenters. The van der Waals surface area contributed by atoms with Crippen LogP contribution in [0.2, 0.25) is 0 Å². The van der Waals surface area contributed by atoms with Crippen molar-refractivity contribution in [2.24, 2.45) is 0 Å². The summed E-state index contributed by atoms with van der Waals surface area (Å²) in [5, 5.41) is 2.20. The van der Waals surface area contributed by atoms with E-state index in [0.717, 1.165) is 6.54 Å². The molecule has 0 aromatic heterocycles. The molecule has 11 heteroatoms. The van der Waals surface area contributed by atoms with Crippen LogP contribution in [0.3, 0.4) is 0 Å². The highest BCUT2D eigenvalue weighted by molar-refractivity contribution is 6.07. The standard InChI is InChI=1S/C22H22F5N3O3/c1-3-29-7-9-30(10-8-29)14-6-5-12(22(32)33-4-2)11-13(14)28-21(31)15-16(23)18(25)20(27)19(26)17(15)24/h5-6,11H,3-4,7-10H2,1-2H3,(H,28,31). The molecule has 0 spiro atoms. The molecule has 0 aliphatic carbocycles. The zero-order valence-electron chi connectivity index (χ0n) is 18.0. The Hall–Kier alpha value is -3.21. The van der Waals surface area contributed by atoms with Crippen molar-refractivity contribution >= 4 is 23.3 Å². The number of ether oxygens (including phenoxy) is 1. The molecule has 1 aliphatic rings. The third-order valence-corrected chi connectivity index (χ3v) is 5.35. The molecular formula is C22H22F5N3O3. The van der Waals surface area contributed by atoms with Crippen LogP contribution in [0.5, 0.6) is 0 Å². The summed E-state index contributed by atoms with van der Waals surface area (Å²) in [4.78, 5) is 28.8. The normalized spacial score (nSPS) is 14.3. The number of amides is 1. The van der Waals surface area contributed by atoms with Crippen LogP contribution in [0, 0.1) is 29.1 Å². The van der Waals surface area contributed by atoms with E-state index in [4.69, 9.17) is 4.74 Å². The fourth-order valence-electron chi connectivity index (χ4n) is 3.55. The average Bonchev–Trinajstić information content (AvgIpc) is 2.82. The van der Waals surface area contributed by atoms with Gasteiger partial charge in [-0.2, -0.15) is 0 Å². The molecule has 1 fully saturated rings. The van der Waals surface area contributed by atoms with Gasteiger partial charge in [-0.3, -0.25) is 4.79 Å². The summed E-state index contributed by atoms with van der Waals surface area (Å²) in [5.41, 5.74) is -1.18. The van der Waals surface area contributed by atoms with E-state index in [9.17, 15) is 31.5 Å². The van der Waals surface area contributed by atoms with Crippen LogP contribution in [0.4, 0.5) is 33.3 Å². The van der Waals surface area contributed by atoms with Crippen LogP contribution in [0.1, 0.15) is 34.6 Å². The Bertz CT molecular complexity index is 1040. The fraction of sp³-hybridized carbons (Fsp3) is 0.364. The lowest BCUT2D eigenvalue weighted by Gasteiger charge is -2.36. The van der Waals surface area contributed by atoms with Crippen molar-refractivity contribution in [1.82, 2.24) is 4.90 Å². The van der Waals surface area contributed by atoms with Gasteiger partial charge in [0.15, 0.2) is 23.3 Å². The van der Waals surface area contributed by atoms with Crippen molar-refractivity contribution in [1.29, 1.82) is 0 Å². The smallest absolute Gasteiger partial charge is 0.338 e. The second-order valence-corrected chi connectivity index (χ2v) is 7.27. The summed E-state index contributed by atoms with van der Waals surface area (Å²) in [6.45, 7) is 7.08. The van der Waals surface area contributed by atoms with Gasteiger partial charge < -0.3 is 19.9 Å². The minimum absolute atomic E-state index is 0.0283. The largest absolute Gasteiger partial charge is 0.462 e. The molecule has 0 bridgehead atoms. The van der Waals surface area contributed by atoms with E-state index >= 15 is 0 Å². The van der Waals surface area contributed by atoms with E-state index in [1.807, 2.05) is 11.8 Å². The van der Waals surface area contributed by atoms with E-state index in [1.54, 1.807) is 6.92 Å². The quantitative estimate of drug-likeness (QED) is 0.299. The maximum absolute atomic E-state index is 14.1. The molecule has 1 amide bonds. The van der Waals surface area contributed by atoms with Gasteiger partial charge in [-0.05, 0) is 31.7 Å². The van der Waals surface area contributed by atoms with E-state index in [-0.39, 0.29) is 17.9 Å². The summed E-state index contributed by atoms with van der Waals surface area (Å²) < 4.78 is 73.7. The molecule has 1 N–H and O–H groups in total. The number of likely N-dealkylation sites (N-methyl/N-ethyl adjacent to an activating group) is 1. The first-order chi connectivity index (χ1) is 15.7. The number of esters is 1. The Morgan fingerprint density at radius 2 is 1.48 bits per heavy atom. The molecule has 0 radical (unpaired) electrons. The number of anilines is 2. The molecule has 1 saturated heterocycles. The predicted octanol–water partition coefficient (Wildman–Crippen LogP) is 3.95. The SMILES string of the molecule is CCOC(=O)c1ccc(N2CCN(CC)CC2)c(NC(=O)c2c(F)c(F)c(F)c(F)c2F)c1. The number of nitrogens with zero attached hydrogens (tertiary/aromatic N) is 2. The van der Waals surface area contributed by atoms with E-state index < -0.39 is 46.5 Å². The van der Waals surface area contributed by atoms with Crippen LogP contribution in [-0.4, -0.2) is 56.1 Å². The summed E-state index contributed by atoms with van der Waals surface area (Å²) in [6.07, 6.45) is 0. The van der Waals surface area contributed by atoms with Crippen molar-refractivity contribution in [2.45, 2.75) is 13.8 Å². The Morgan fingerprint density at radius 1 is 0.909 bits per heavy atom. The lowest BCUT2D eigenvalue weighted by molar-refractivity contribution is 0.0526. The number of rotatable bonds is 6. The predicted molar refractivity (Wildman–Crippen MR) is 111 cm³/mol. The zero-order chi connectivity index (χ0) is 24.3. The number of nitrogens with one attached hydrogen (secondary N) is 1. The molecule has 1 aliphatic heterocycles. The van der Waals surface area contributed by atoms with Crippen molar-refractivity contribution in [3.63, 3.8) is 0 Å². The fourth-order valence-corrected chi connectivity index (χ4v) is 3.55. The van der Waals surface area contributed by atoms with Gasteiger partial charge in [0.25, 0.3) is 5.91 Å². The van der Waals surface area contributed by atoms with Crippen LogP contribution in [-0.2, 0) is 4.74 Å². The Labute approximate surface area is 186 Å². The number of benzene rings is 2. The third kappa shape index (κ3) is 4.92. The maximum atomic E-state index is 14.1. The number of carbonyl (C=O) groups excluding carboxylic acids is 2. The number of carbonyl (C=O) groups is 2. The number of halogens is 5. The first-order valence-electron chi connectivity index (χ1n) is 10.3. The highest BCUT2D eigenvalue weighted by Gasteiger charge is 2.30. The number of piperazine rings is 1. The van der Waals surface area contributed by atoms with E-state index in [2.05, 4.69) is 10.2 Å². The van der Waals surface area contributed by atoms with E-state index in [0.29, 0.717) is 31.9 Å². The summed E-state index contributed by atoms with van der Waals surface area (Å²) in [5.74, 6) is -13.6. The minimum Gasteiger partial charge on any atom is -0.462 e. The first-order valence-corrected chi connectivity index (χ1v) is 10.3. The highest BCUT2D eigenvalue weighted by atomic mass is 19.2. The number of hydrogen-bond acceptors (Lipinski definition) is 5. The summed E-state index contributed by atoms with van der Waals surface area (Å²) in [7, 11) is 0. The monoisotopic (exact) mass is 471 g/mol. The molecular weight excluding hydrogens is 449 g/mol. The van der Waals surface area contributed by atoms with Crippen molar-refractivity contribution in [2.75, 3.05) is 49.5 Å².